The summed E-state index contributed by atoms with van der Waals surface area (Å²) in [5, 5.41) is 46.8. The van der Waals surface area contributed by atoms with Crippen molar-refractivity contribution in [1.82, 2.24) is 5.32 Å². The highest BCUT2D eigenvalue weighted by atomic mass is 16.7. The number of hydrogen-bond donors (Lipinski definition) is 6. The Hall–Kier alpha value is -2.91. The largest absolute Gasteiger partial charge is 0.449 e. The third kappa shape index (κ3) is 9.01. The maximum atomic E-state index is 13.2. The number of methoxy groups -OCH3 is 1. The summed E-state index contributed by atoms with van der Waals surface area (Å²) in [6, 6.07) is 14.1. The van der Waals surface area contributed by atoms with E-state index in [1.54, 1.807) is 6.92 Å². The first-order valence-corrected chi connectivity index (χ1v) is 18.0. The van der Waals surface area contributed by atoms with Gasteiger partial charge in [0.25, 0.3) is 0 Å². The standard InChI is InChI=1S/C39H56N2O10/c1-21(2)15-16-24(17-32-33(40)31(43)19-39(47-6,51-32)18-30(42)22(3)4)50-37-36(45)34(35(44)23(5)49-37)41-38(46)48-20-29-27-13-9-7-11-25(27)26-12-8-10-14-28(26)29/h7-16,21-24,29-37,42-45H,17-20,40H2,1-6H3,(H,41,46)/b16-15+/t23?,24-,30+,31-,32-,33+,34?,35?,36?,37?,39+/m0/s1. The van der Waals surface area contributed by atoms with Crippen molar-refractivity contribution < 1.29 is 48.9 Å². The lowest BCUT2D eigenvalue weighted by Crippen LogP contribution is -2.64. The zero-order valence-electron chi connectivity index (χ0n) is 30.4. The van der Waals surface area contributed by atoms with Crippen molar-refractivity contribution in [3.8, 4) is 11.1 Å². The zero-order chi connectivity index (χ0) is 37.0. The highest BCUT2D eigenvalue weighted by Gasteiger charge is 2.49. The van der Waals surface area contributed by atoms with Crippen molar-refractivity contribution in [3.05, 3.63) is 71.8 Å². The minimum Gasteiger partial charge on any atom is -0.449 e. The first-order chi connectivity index (χ1) is 24.2. The summed E-state index contributed by atoms with van der Waals surface area (Å²) in [4.78, 5) is 13.2. The predicted octanol–water partition coefficient (Wildman–Crippen LogP) is 3.57. The molecule has 51 heavy (non-hydrogen) atoms. The lowest BCUT2D eigenvalue weighted by atomic mass is 9.86. The molecular weight excluding hydrogens is 656 g/mol. The van der Waals surface area contributed by atoms with Gasteiger partial charge < -0.3 is 55.2 Å². The molecule has 3 aliphatic rings. The van der Waals surface area contributed by atoms with E-state index < -0.39 is 73.0 Å². The number of nitrogens with one attached hydrogen (secondary N) is 1. The van der Waals surface area contributed by atoms with Gasteiger partial charge in [-0.1, -0.05) is 88.4 Å². The van der Waals surface area contributed by atoms with Crippen LogP contribution in [0.3, 0.4) is 0 Å². The van der Waals surface area contributed by atoms with Crippen LogP contribution in [0.5, 0.6) is 0 Å². The number of ether oxygens (including phenoxy) is 5. The lowest BCUT2D eigenvalue weighted by molar-refractivity contribution is -0.310. The van der Waals surface area contributed by atoms with Crippen LogP contribution in [0.15, 0.2) is 60.7 Å². The second-order valence-electron chi connectivity index (χ2n) is 14.9. The maximum absolute atomic E-state index is 13.2. The number of carbonyl (C=O) groups excluding carboxylic acids is 1. The third-order valence-corrected chi connectivity index (χ3v) is 10.4. The average molecular weight is 713 g/mol. The molecule has 1 aliphatic carbocycles. The van der Waals surface area contributed by atoms with Gasteiger partial charge in [0.1, 0.15) is 18.8 Å². The third-order valence-electron chi connectivity index (χ3n) is 10.4. The molecular formula is C39H56N2O10. The number of alkyl carbamates (subject to hydrolysis) is 1. The molecule has 7 N–H and O–H groups in total. The van der Waals surface area contributed by atoms with Gasteiger partial charge in [0, 0.05) is 32.3 Å². The Kier molecular flexibility index (Phi) is 13.0. The number of fused-ring (bicyclic) bond motifs is 3. The van der Waals surface area contributed by atoms with Gasteiger partial charge in [-0.25, -0.2) is 4.79 Å². The molecule has 0 saturated carbocycles. The fourth-order valence-corrected chi connectivity index (χ4v) is 7.23. The van der Waals surface area contributed by atoms with E-state index in [0.29, 0.717) is 0 Å². The van der Waals surface area contributed by atoms with Gasteiger partial charge in [0.2, 0.25) is 0 Å². The number of carbonyl (C=O) groups is 1. The highest BCUT2D eigenvalue weighted by Crippen LogP contribution is 2.44. The fraction of sp³-hybridized carbons (Fsp3) is 0.615. The van der Waals surface area contributed by atoms with E-state index in [2.05, 4.69) is 17.4 Å². The molecule has 2 saturated heterocycles. The van der Waals surface area contributed by atoms with Crippen molar-refractivity contribution in [2.75, 3.05) is 13.7 Å². The molecule has 0 aromatic heterocycles. The van der Waals surface area contributed by atoms with E-state index in [4.69, 9.17) is 29.4 Å². The van der Waals surface area contributed by atoms with Crippen LogP contribution in [0.1, 0.15) is 70.9 Å². The smallest absolute Gasteiger partial charge is 0.407 e. The Labute approximate surface area is 300 Å². The monoisotopic (exact) mass is 712 g/mol. The minimum atomic E-state index is -1.47. The molecule has 12 heteroatoms. The zero-order valence-corrected chi connectivity index (χ0v) is 30.4. The molecule has 11 atom stereocenters. The summed E-state index contributed by atoms with van der Waals surface area (Å²) in [5.74, 6) is -1.33. The normalized spacial score (nSPS) is 32.2. The van der Waals surface area contributed by atoms with E-state index in [1.165, 1.54) is 7.11 Å². The van der Waals surface area contributed by atoms with Crippen LogP contribution >= 0.6 is 0 Å². The Bertz CT molecular complexity index is 1440. The molecule has 2 aromatic rings. The second kappa shape index (κ2) is 16.8. The van der Waals surface area contributed by atoms with Crippen LogP contribution in [0.2, 0.25) is 0 Å². The van der Waals surface area contributed by atoms with Gasteiger partial charge in [0.15, 0.2) is 12.1 Å². The summed E-state index contributed by atoms with van der Waals surface area (Å²) in [6.07, 6.45) is -4.68. The lowest BCUT2D eigenvalue weighted by Gasteiger charge is -2.47. The highest BCUT2D eigenvalue weighted by molar-refractivity contribution is 5.79. The predicted molar refractivity (Wildman–Crippen MR) is 190 cm³/mol. The Balaban J connectivity index is 1.27. The molecule has 2 aliphatic heterocycles. The Morgan fingerprint density at radius 1 is 1.02 bits per heavy atom. The number of rotatable bonds is 13. The van der Waals surface area contributed by atoms with E-state index in [1.807, 2.05) is 76.2 Å². The number of allylic oxidation sites excluding steroid dienone is 1. The summed E-state index contributed by atoms with van der Waals surface area (Å²) >= 11 is 0. The second-order valence-corrected chi connectivity index (χ2v) is 14.9. The molecule has 2 aromatic carbocycles. The number of aliphatic hydroxyl groups excluding tert-OH is 4. The van der Waals surface area contributed by atoms with Gasteiger partial charge in [-0.2, -0.15) is 0 Å². The molecule has 2 fully saturated rings. The first kappa shape index (κ1) is 39.3. The van der Waals surface area contributed by atoms with Gasteiger partial charge in [0.05, 0.1) is 42.6 Å². The molecule has 0 spiro atoms. The molecule has 0 bridgehead atoms. The molecule has 1 amide bonds. The molecule has 12 nitrogen and oxygen atoms in total. The van der Waals surface area contributed by atoms with Gasteiger partial charge in [-0.3, -0.25) is 0 Å². The SMILES string of the molecule is CO[C@@]1(C[C@@H](O)C(C)C)C[C@H](O)[C@@H](N)[C@H](C[C@H](/C=C/C(C)C)OC2OC(C)C(O)C(NC(=O)OCC3c4ccccc4-c4ccccc43)C2O)O1. The van der Waals surface area contributed by atoms with E-state index in [-0.39, 0.29) is 43.6 Å². The maximum Gasteiger partial charge on any atom is 0.407 e. The number of hydrogen-bond acceptors (Lipinski definition) is 11. The number of aliphatic hydroxyl groups is 4. The average Bonchev–Trinajstić information content (AvgIpc) is 3.42. The van der Waals surface area contributed by atoms with Gasteiger partial charge in [-0.15, -0.1) is 0 Å². The topological polar surface area (TPSA) is 182 Å². The molecule has 5 unspecified atom stereocenters. The van der Waals surface area contributed by atoms with Crippen molar-refractivity contribution >= 4 is 6.09 Å². The molecule has 282 valence electrons. The van der Waals surface area contributed by atoms with Crippen molar-refractivity contribution in [2.24, 2.45) is 17.6 Å². The minimum absolute atomic E-state index is 0.0610. The van der Waals surface area contributed by atoms with Crippen LogP contribution in [0.4, 0.5) is 4.79 Å². The van der Waals surface area contributed by atoms with Crippen LogP contribution < -0.4 is 11.1 Å². The quantitative estimate of drug-likeness (QED) is 0.167. The molecule has 0 radical (unpaired) electrons. The van der Waals surface area contributed by atoms with Gasteiger partial charge >= 0.3 is 6.09 Å². The van der Waals surface area contributed by atoms with E-state index in [9.17, 15) is 25.2 Å². The first-order valence-electron chi connectivity index (χ1n) is 18.0. The van der Waals surface area contributed by atoms with E-state index in [0.717, 1.165) is 22.3 Å². The van der Waals surface area contributed by atoms with Gasteiger partial charge in [-0.05, 0) is 41.0 Å². The Morgan fingerprint density at radius 2 is 1.65 bits per heavy atom. The van der Waals surface area contributed by atoms with Crippen LogP contribution in [-0.4, -0.2) is 107 Å². The Morgan fingerprint density at radius 3 is 2.24 bits per heavy atom. The van der Waals surface area contributed by atoms with Crippen LogP contribution in [0.25, 0.3) is 11.1 Å². The fourth-order valence-electron chi connectivity index (χ4n) is 7.23. The number of nitrogens with two attached hydrogens (primary N) is 1. The van der Waals surface area contributed by atoms with Crippen LogP contribution in [-0.2, 0) is 23.7 Å². The number of amides is 1. The summed E-state index contributed by atoms with van der Waals surface area (Å²) < 4.78 is 30.1. The van der Waals surface area contributed by atoms with Crippen molar-refractivity contribution in [3.63, 3.8) is 0 Å². The molecule has 2 heterocycles. The summed E-state index contributed by atoms with van der Waals surface area (Å²) in [6.45, 7) is 9.48. The van der Waals surface area contributed by atoms with Crippen LogP contribution in [0, 0.1) is 11.8 Å². The van der Waals surface area contributed by atoms with Crippen molar-refractivity contribution in [1.29, 1.82) is 0 Å². The van der Waals surface area contributed by atoms with Crippen molar-refractivity contribution in [2.45, 2.75) is 127 Å². The summed E-state index contributed by atoms with van der Waals surface area (Å²) in [5.41, 5.74) is 10.8. The van der Waals surface area contributed by atoms with E-state index >= 15 is 0 Å². The number of benzene rings is 2. The summed E-state index contributed by atoms with van der Waals surface area (Å²) in [7, 11) is 1.48. The molecule has 5 rings (SSSR count).